The average molecular weight is 515 g/mol. The summed E-state index contributed by atoms with van der Waals surface area (Å²) in [5, 5.41) is 41.2. The number of hydrogen-bond acceptors (Lipinski definition) is 7. The SMILES string of the molecule is C=CO[Si](=O)[O-].[K+].[K+].[K+].[K+].[K+].[O-]c1ccccc1[O-].[O-]c1ccccc1[O-]. The largest absolute Gasteiger partial charge is 1.00 e. The smallest absolute Gasteiger partial charge is 0.873 e. The Labute approximate surface area is 373 Å². The van der Waals surface area contributed by atoms with E-state index in [-0.39, 0.29) is 257 Å². The molecule has 13 heteroatoms. The van der Waals surface area contributed by atoms with Crippen LogP contribution in [0.25, 0.3) is 0 Å². The van der Waals surface area contributed by atoms with Crippen molar-refractivity contribution in [2.24, 2.45) is 0 Å². The van der Waals surface area contributed by atoms with E-state index in [4.69, 9.17) is 0 Å². The van der Waals surface area contributed by atoms with Crippen molar-refractivity contribution in [3.05, 3.63) is 61.4 Å². The second kappa shape index (κ2) is 31.2. The maximum Gasteiger partial charge on any atom is 1.00 e. The van der Waals surface area contributed by atoms with Crippen LogP contribution < -0.4 is 282 Å². The number of hydrogen-bond donors (Lipinski definition) is 0. The summed E-state index contributed by atoms with van der Waals surface area (Å²) >= 11 is 0. The molecule has 0 spiro atoms. The van der Waals surface area contributed by atoms with E-state index >= 15 is 0 Å². The van der Waals surface area contributed by atoms with Gasteiger partial charge in [-0.15, -0.1) is 23.0 Å². The Hall–Kier alpha value is 5.18. The van der Waals surface area contributed by atoms with E-state index in [0.717, 1.165) is 6.26 Å². The van der Waals surface area contributed by atoms with Crippen LogP contribution in [-0.2, 0) is 8.89 Å². The first-order chi connectivity index (χ1) is 10.4. The Morgan fingerprint density at radius 3 is 1.00 bits per heavy atom. The standard InChI is InChI=1S/2C6H6O2.C2H3O3Si.5K/c2*7-5-3-1-2-4-6(5)8;1-2-5-6(3)4;;;;;/h2*1-4,7-8H;2H,1H2;;;;;/q;;-1;5*+1/p-4. The van der Waals surface area contributed by atoms with E-state index in [0.29, 0.717) is 0 Å². The van der Waals surface area contributed by atoms with Gasteiger partial charge in [-0.1, -0.05) is 55.1 Å². The van der Waals surface area contributed by atoms with E-state index in [9.17, 15) is 29.7 Å². The molecule has 118 valence electrons. The zero-order valence-corrected chi connectivity index (χ0v) is 32.9. The van der Waals surface area contributed by atoms with Gasteiger partial charge in [0.1, 0.15) is 0 Å². The minimum Gasteiger partial charge on any atom is -0.873 e. The summed E-state index contributed by atoms with van der Waals surface area (Å²) in [6.07, 6.45) is 0.869. The molecule has 0 radical (unpaired) electrons. The van der Waals surface area contributed by atoms with Gasteiger partial charge in [0.25, 0.3) is 0 Å². The van der Waals surface area contributed by atoms with E-state index in [1.165, 1.54) is 24.3 Å². The maximum absolute atomic E-state index is 10.3. The van der Waals surface area contributed by atoms with Crippen LogP contribution in [0.5, 0.6) is 23.0 Å². The zero-order chi connectivity index (χ0) is 17.0. The summed E-state index contributed by atoms with van der Waals surface area (Å²) < 4.78 is 13.2. The van der Waals surface area contributed by atoms with Crippen LogP contribution in [0, 0.1) is 0 Å². The van der Waals surface area contributed by atoms with E-state index in [2.05, 4.69) is 11.0 Å². The van der Waals surface area contributed by atoms with Crippen molar-refractivity contribution in [2.75, 3.05) is 0 Å². The van der Waals surface area contributed by atoms with Crippen LogP contribution in [0.1, 0.15) is 0 Å². The molecular formula is C14H11K5O7Si. The molecule has 0 saturated heterocycles. The van der Waals surface area contributed by atoms with Gasteiger partial charge in [0.2, 0.25) is 0 Å². The summed E-state index contributed by atoms with van der Waals surface area (Å²) in [5.74, 6) is -1.75. The third-order valence-corrected chi connectivity index (χ3v) is 2.24. The summed E-state index contributed by atoms with van der Waals surface area (Å²) in [6.45, 7) is 3.00. The topological polar surface area (TPSA) is 142 Å². The molecule has 0 heterocycles. The summed E-state index contributed by atoms with van der Waals surface area (Å²) in [4.78, 5) is 9.38. The molecule has 0 amide bonds. The van der Waals surface area contributed by atoms with Gasteiger partial charge in [-0.2, -0.15) is 0 Å². The van der Waals surface area contributed by atoms with Crippen molar-refractivity contribution < 1.29 is 291 Å². The van der Waals surface area contributed by atoms with Crippen molar-refractivity contribution >= 4 is 9.17 Å². The van der Waals surface area contributed by atoms with Gasteiger partial charge in [-0.3, -0.25) is 0 Å². The molecule has 0 atom stereocenters. The molecule has 2 aromatic rings. The van der Waals surface area contributed by atoms with Crippen LogP contribution in [-0.4, -0.2) is 9.17 Å². The molecule has 0 saturated carbocycles. The van der Waals surface area contributed by atoms with Gasteiger partial charge in [-0.25, -0.2) is 0 Å². The molecule has 0 aromatic heterocycles. The van der Waals surface area contributed by atoms with Gasteiger partial charge in [0, 0.05) is 0 Å². The molecule has 0 aliphatic carbocycles. The fraction of sp³-hybridized carbons (Fsp3) is 0. The molecule has 0 aliphatic rings. The molecule has 0 fully saturated rings. The second-order valence-electron chi connectivity index (χ2n) is 3.43. The van der Waals surface area contributed by atoms with Crippen LogP contribution >= 0.6 is 0 Å². The van der Waals surface area contributed by atoms with Gasteiger partial charge in [0.15, 0.2) is 0 Å². The van der Waals surface area contributed by atoms with E-state index in [1.807, 2.05) is 0 Å². The molecule has 27 heavy (non-hydrogen) atoms. The Morgan fingerprint density at radius 2 is 0.926 bits per heavy atom. The number of para-hydroxylation sites is 4. The Kier molecular flexibility index (Phi) is 52.7. The van der Waals surface area contributed by atoms with Crippen LogP contribution in [0.3, 0.4) is 0 Å². The second-order valence-corrected chi connectivity index (χ2v) is 4.16. The van der Waals surface area contributed by atoms with Gasteiger partial charge in [0.05, 0.1) is 0 Å². The van der Waals surface area contributed by atoms with E-state index in [1.54, 1.807) is 24.3 Å². The molecule has 0 aliphatic heterocycles. The normalized spacial score (nSPS) is 6.81. The van der Waals surface area contributed by atoms with Crippen LogP contribution in [0.15, 0.2) is 61.4 Å². The molecule has 2 aromatic carbocycles. The van der Waals surface area contributed by atoms with Crippen molar-refractivity contribution in [3.63, 3.8) is 0 Å². The van der Waals surface area contributed by atoms with Crippen molar-refractivity contribution in [2.45, 2.75) is 0 Å². The first-order valence-corrected chi connectivity index (χ1v) is 6.95. The first-order valence-electron chi connectivity index (χ1n) is 5.73. The fourth-order valence-corrected chi connectivity index (χ4v) is 1.10. The van der Waals surface area contributed by atoms with Gasteiger partial charge < -0.3 is 34.1 Å². The van der Waals surface area contributed by atoms with Crippen molar-refractivity contribution in [1.29, 1.82) is 0 Å². The quantitative estimate of drug-likeness (QED) is 0.286. The summed E-state index contributed by atoms with van der Waals surface area (Å²) in [5.41, 5.74) is 0. The molecule has 0 unspecified atom stereocenters. The minimum atomic E-state index is -3.00. The molecule has 7 nitrogen and oxygen atoms in total. The van der Waals surface area contributed by atoms with Crippen molar-refractivity contribution in [3.8, 4) is 23.0 Å². The minimum absolute atomic E-state index is 0. The fourth-order valence-electron chi connectivity index (χ4n) is 0.968. The van der Waals surface area contributed by atoms with Crippen LogP contribution in [0.2, 0.25) is 0 Å². The predicted molar refractivity (Wildman–Crippen MR) is 68.4 cm³/mol. The van der Waals surface area contributed by atoms with E-state index < -0.39 is 32.2 Å². The van der Waals surface area contributed by atoms with Gasteiger partial charge >= 0.3 is 266 Å². The van der Waals surface area contributed by atoms with Gasteiger partial charge in [-0.05, 0) is 6.26 Å². The molecule has 0 N–H and O–H groups in total. The summed E-state index contributed by atoms with van der Waals surface area (Å²) in [6, 6.07) is 11.2. The predicted octanol–water partition coefficient (Wildman–Crippen LogP) is -16.4. The Morgan fingerprint density at radius 1 is 0.704 bits per heavy atom. The third kappa shape index (κ3) is 29.1. The Balaban J connectivity index is -0.0000000567. The number of rotatable bonds is 2. The third-order valence-electron chi connectivity index (χ3n) is 1.88. The molecule has 0 bridgehead atoms. The average Bonchev–Trinajstić information content (AvgIpc) is 2.47. The molecule has 2 rings (SSSR count). The zero-order valence-electron chi connectivity index (χ0n) is 16.3. The maximum atomic E-state index is 10.3. The monoisotopic (exact) mass is 514 g/mol. The van der Waals surface area contributed by atoms with Crippen molar-refractivity contribution in [1.82, 2.24) is 0 Å². The first kappa shape index (κ1) is 45.6. The number of benzene rings is 2. The summed E-state index contributed by atoms with van der Waals surface area (Å²) in [7, 11) is -3.00. The Bertz CT molecular complexity index is 534. The molecular weight excluding hydrogens is 504 g/mol. The van der Waals surface area contributed by atoms with Crippen LogP contribution in [0.4, 0.5) is 0 Å².